The number of phenolic OH excluding ortho intramolecular Hbond substituents is 1. The zero-order valence-corrected chi connectivity index (χ0v) is 22.5. The lowest BCUT2D eigenvalue weighted by molar-refractivity contribution is -0.153. The summed E-state index contributed by atoms with van der Waals surface area (Å²) < 4.78 is 6.24. The van der Waals surface area contributed by atoms with E-state index >= 15 is 0 Å². The molecule has 0 aromatic heterocycles. The molecule has 206 valence electrons. The number of carboxylic acid groups (broad SMARTS) is 1. The van der Waals surface area contributed by atoms with Crippen molar-refractivity contribution in [2.24, 2.45) is 5.92 Å². The van der Waals surface area contributed by atoms with Gasteiger partial charge in [0.25, 0.3) is 5.91 Å². The normalized spacial score (nSPS) is 29.7. The molecule has 2 heterocycles. The molecule has 9 nitrogen and oxygen atoms in total. The maximum atomic E-state index is 13.2. The van der Waals surface area contributed by atoms with Gasteiger partial charge in [-0.05, 0) is 81.8 Å². The zero-order chi connectivity index (χ0) is 27.9. The second-order valence-corrected chi connectivity index (χ2v) is 11.8. The predicted molar refractivity (Wildman–Crippen MR) is 144 cm³/mol. The van der Waals surface area contributed by atoms with Crippen LogP contribution in [-0.4, -0.2) is 68.0 Å². The van der Waals surface area contributed by atoms with E-state index in [1.54, 1.807) is 13.0 Å². The Morgan fingerprint density at radius 1 is 1.21 bits per heavy atom. The number of halogens is 1. The van der Waals surface area contributed by atoms with Crippen molar-refractivity contribution < 1.29 is 34.8 Å². The summed E-state index contributed by atoms with van der Waals surface area (Å²) in [5, 5.41) is 46.4. The van der Waals surface area contributed by atoms with Crippen LogP contribution in [0.25, 0.3) is 0 Å². The first-order valence-corrected chi connectivity index (χ1v) is 13.6. The number of piperidine rings is 1. The van der Waals surface area contributed by atoms with Crippen LogP contribution in [0.4, 0.5) is 5.69 Å². The molecule has 2 fully saturated rings. The number of aromatic carboxylic acids is 1. The summed E-state index contributed by atoms with van der Waals surface area (Å²) in [7, 11) is 0. The number of likely N-dealkylation sites (tertiary alicyclic amines) is 1. The number of aliphatic hydroxyl groups is 2. The number of aliphatic hydroxyl groups excluding tert-OH is 1. The number of hydrogen-bond acceptors (Lipinski definition) is 7. The zero-order valence-electron chi connectivity index (χ0n) is 21.7. The van der Waals surface area contributed by atoms with Gasteiger partial charge in [-0.3, -0.25) is 9.69 Å². The van der Waals surface area contributed by atoms with Gasteiger partial charge in [0.2, 0.25) is 0 Å². The number of nitrogens with one attached hydrogen (secondary N) is 1. The van der Waals surface area contributed by atoms with Gasteiger partial charge in [-0.25, -0.2) is 4.79 Å². The first-order chi connectivity index (χ1) is 18.5. The number of ether oxygens (including phenoxy) is 1. The van der Waals surface area contributed by atoms with Crippen LogP contribution in [0.15, 0.2) is 41.7 Å². The van der Waals surface area contributed by atoms with Crippen molar-refractivity contribution in [3.8, 4) is 11.5 Å². The second-order valence-electron chi connectivity index (χ2n) is 11.4. The number of hydrogen-bond donors (Lipinski definition) is 5. The van der Waals surface area contributed by atoms with Crippen LogP contribution in [0.2, 0.25) is 5.02 Å². The van der Waals surface area contributed by atoms with Crippen molar-refractivity contribution in [1.29, 1.82) is 0 Å². The van der Waals surface area contributed by atoms with Gasteiger partial charge in [0, 0.05) is 18.2 Å². The smallest absolute Gasteiger partial charge is 0.335 e. The van der Waals surface area contributed by atoms with Crippen molar-refractivity contribution >= 4 is 29.2 Å². The lowest BCUT2D eigenvalue weighted by Gasteiger charge is -2.59. The van der Waals surface area contributed by atoms with E-state index in [0.29, 0.717) is 30.9 Å². The van der Waals surface area contributed by atoms with Crippen LogP contribution >= 0.6 is 11.6 Å². The Morgan fingerprint density at radius 2 is 1.95 bits per heavy atom. The summed E-state index contributed by atoms with van der Waals surface area (Å²) >= 11 is 6.19. The molecule has 2 bridgehead atoms. The second kappa shape index (κ2) is 8.87. The lowest BCUT2D eigenvalue weighted by Crippen LogP contribution is -2.73. The van der Waals surface area contributed by atoms with Gasteiger partial charge in [0.05, 0.1) is 32.9 Å². The number of rotatable bonds is 6. The van der Waals surface area contributed by atoms with Crippen molar-refractivity contribution in [2.45, 2.75) is 62.7 Å². The van der Waals surface area contributed by atoms with Crippen molar-refractivity contribution in [1.82, 2.24) is 4.90 Å². The minimum absolute atomic E-state index is 0.0259. The summed E-state index contributed by atoms with van der Waals surface area (Å²) in [6.45, 7) is 4.83. The van der Waals surface area contributed by atoms with E-state index < -0.39 is 29.0 Å². The summed E-state index contributed by atoms with van der Waals surface area (Å²) in [4.78, 5) is 26.8. The number of anilines is 1. The molecule has 4 atom stereocenters. The molecule has 39 heavy (non-hydrogen) atoms. The standard InChI is InChI=1S/C29H31ClN2O7/c1-14(26(35)31-19-7-5-17(27(36)37)11-18(19)30)23(34)25-29-9-10-32(13-15-3-4-15)21(28(29,2)38)12-16-6-8-20(33)24(39-25)22(16)29/h5-8,11,15,21,25,33-34,38H,3-4,9-10,12-13H2,1-2H3,(H,31,35)(H,36,37)/b23-14-/t21-,25+,28-,29+/m1/s1. The van der Waals surface area contributed by atoms with Crippen molar-refractivity contribution in [3.05, 3.63) is 63.4 Å². The molecule has 4 aliphatic rings. The quantitative estimate of drug-likeness (QED) is 0.267. The number of fused-ring (bicyclic) bond motifs is 1. The van der Waals surface area contributed by atoms with E-state index in [0.717, 1.165) is 12.1 Å². The highest BCUT2D eigenvalue weighted by molar-refractivity contribution is 6.34. The van der Waals surface area contributed by atoms with Gasteiger partial charge < -0.3 is 30.5 Å². The number of carboxylic acids is 1. The van der Waals surface area contributed by atoms with E-state index in [-0.39, 0.29) is 45.1 Å². The molecule has 0 radical (unpaired) electrons. The Morgan fingerprint density at radius 3 is 2.62 bits per heavy atom. The molecule has 1 amide bonds. The fraction of sp³-hybridized carbons (Fsp3) is 0.448. The highest BCUT2D eigenvalue weighted by atomic mass is 35.5. The van der Waals surface area contributed by atoms with Crippen LogP contribution in [0.1, 0.15) is 54.6 Å². The first-order valence-electron chi connectivity index (χ1n) is 13.2. The van der Waals surface area contributed by atoms with Gasteiger partial charge in [0.1, 0.15) is 5.76 Å². The average Bonchev–Trinajstić information content (AvgIpc) is 3.63. The highest BCUT2D eigenvalue weighted by Crippen LogP contribution is 2.63. The van der Waals surface area contributed by atoms with E-state index in [1.807, 2.05) is 6.07 Å². The SMILES string of the molecule is C/C(C(=O)Nc1ccc(C(=O)O)cc1Cl)=C(/O)[C@@H]1Oc2c(O)ccc3c2[C@@]12CCN(CC1CC1)[C@H](C3)[C@@]2(C)O. The van der Waals surface area contributed by atoms with Crippen molar-refractivity contribution in [2.75, 3.05) is 18.4 Å². The van der Waals surface area contributed by atoms with Gasteiger partial charge in [0.15, 0.2) is 17.6 Å². The molecule has 2 aromatic carbocycles. The fourth-order valence-corrected chi connectivity index (χ4v) is 7.08. The Hall–Kier alpha value is -3.27. The Kier molecular flexibility index (Phi) is 5.91. The van der Waals surface area contributed by atoms with E-state index in [9.17, 15) is 24.9 Å². The van der Waals surface area contributed by atoms with Crippen LogP contribution in [0.3, 0.4) is 0 Å². The number of carbonyl (C=O) groups excluding carboxylic acids is 1. The Labute approximate surface area is 230 Å². The molecule has 10 heteroatoms. The fourth-order valence-electron chi connectivity index (χ4n) is 6.85. The molecule has 0 unspecified atom stereocenters. The molecule has 2 aliphatic carbocycles. The molecule has 5 N–H and O–H groups in total. The third-order valence-electron chi connectivity index (χ3n) is 9.18. The predicted octanol–water partition coefficient (Wildman–Crippen LogP) is 4.00. The van der Waals surface area contributed by atoms with E-state index in [4.69, 9.17) is 21.4 Å². The number of nitrogens with zero attached hydrogens (tertiary/aromatic N) is 1. The van der Waals surface area contributed by atoms with Gasteiger partial charge in [-0.1, -0.05) is 17.7 Å². The number of phenols is 1. The minimum Gasteiger partial charge on any atom is -0.508 e. The average molecular weight is 555 g/mol. The number of amides is 1. The van der Waals surface area contributed by atoms with Crippen molar-refractivity contribution in [3.63, 3.8) is 0 Å². The Balaban J connectivity index is 1.38. The molecular formula is C29H31ClN2O7. The van der Waals surface area contributed by atoms with Crippen LogP contribution in [-0.2, 0) is 16.6 Å². The third kappa shape index (κ3) is 3.82. The van der Waals surface area contributed by atoms with E-state index in [1.165, 1.54) is 38.0 Å². The van der Waals surface area contributed by atoms with E-state index in [2.05, 4.69) is 10.2 Å². The largest absolute Gasteiger partial charge is 0.508 e. The topological polar surface area (TPSA) is 140 Å². The molecule has 1 saturated carbocycles. The van der Waals surface area contributed by atoms with Gasteiger partial charge in [-0.2, -0.15) is 0 Å². The summed E-state index contributed by atoms with van der Waals surface area (Å²) in [6.07, 6.45) is 2.35. The number of aromatic hydroxyl groups is 1. The maximum absolute atomic E-state index is 13.2. The van der Waals surface area contributed by atoms with Crippen LogP contribution < -0.4 is 10.1 Å². The van der Waals surface area contributed by atoms with Gasteiger partial charge >= 0.3 is 5.97 Å². The molecular weight excluding hydrogens is 524 g/mol. The molecule has 2 aromatic rings. The molecule has 1 saturated heterocycles. The third-order valence-corrected chi connectivity index (χ3v) is 9.49. The minimum atomic E-state index is -1.32. The molecule has 1 spiro atoms. The summed E-state index contributed by atoms with van der Waals surface area (Å²) in [5.41, 5.74) is -0.620. The summed E-state index contributed by atoms with van der Waals surface area (Å²) in [6, 6.07) is 7.15. The molecule has 2 aliphatic heterocycles. The summed E-state index contributed by atoms with van der Waals surface area (Å²) in [5.74, 6) is -1.36. The van der Waals surface area contributed by atoms with Gasteiger partial charge in [-0.15, -0.1) is 0 Å². The Bertz CT molecular complexity index is 1430. The van der Waals surface area contributed by atoms with Crippen LogP contribution in [0, 0.1) is 5.92 Å². The first kappa shape index (κ1) is 26.0. The lowest BCUT2D eigenvalue weighted by atomic mass is 9.53. The highest BCUT2D eigenvalue weighted by Gasteiger charge is 2.69. The number of benzene rings is 2. The maximum Gasteiger partial charge on any atom is 0.335 e. The number of carbonyl (C=O) groups is 2. The monoisotopic (exact) mass is 554 g/mol. The molecule has 6 rings (SSSR count). The van der Waals surface area contributed by atoms with Crippen LogP contribution in [0.5, 0.6) is 11.5 Å².